The summed E-state index contributed by atoms with van der Waals surface area (Å²) in [5, 5.41) is 0. The van der Waals surface area contributed by atoms with Gasteiger partial charge in [0, 0.05) is 171 Å². The lowest BCUT2D eigenvalue weighted by atomic mass is 9.97. The van der Waals surface area contributed by atoms with Crippen LogP contribution in [0.5, 0.6) is 0 Å². The second-order valence-electron chi connectivity index (χ2n) is 28.2. The van der Waals surface area contributed by atoms with Gasteiger partial charge in [-0.1, -0.05) is 59.7 Å². The number of pyridine rings is 4. The monoisotopic (exact) mass is 1430 g/mol. The zero-order valence-electron chi connectivity index (χ0n) is 82.2. The van der Waals surface area contributed by atoms with E-state index in [1.165, 1.54) is 27.8 Å². The van der Waals surface area contributed by atoms with Crippen molar-refractivity contribution in [2.75, 3.05) is 0 Å². The highest BCUT2D eigenvalue weighted by Crippen LogP contribution is 2.33. The molecule has 12 heterocycles. The average molecular weight is 1430 g/mol. The van der Waals surface area contributed by atoms with Crippen molar-refractivity contribution in [3.63, 3.8) is 0 Å². The molecule has 16 aromatic rings. The summed E-state index contributed by atoms with van der Waals surface area (Å²) in [6.45, 7) is 9.99. The van der Waals surface area contributed by atoms with Gasteiger partial charge in [0.1, 0.15) is 51.0 Å². The minimum absolute atomic E-state index is 0.102. The average Bonchev–Trinajstić information content (AvgIpc) is 1.60. The largest absolute Gasteiger partial charge is 0.308 e. The molecule has 0 radical (unpaired) electrons. The van der Waals surface area contributed by atoms with E-state index in [0.29, 0.717) is 57.0 Å². The Morgan fingerprint density at radius 2 is 0.623 bits per heavy atom. The van der Waals surface area contributed by atoms with Crippen molar-refractivity contribution in [3.05, 3.63) is 259 Å². The number of rotatable bonds is 8. The topological polar surface area (TPSA) is 104 Å². The molecule has 540 valence electrons. The van der Waals surface area contributed by atoms with Gasteiger partial charge in [-0.15, -0.1) is 0 Å². The van der Waals surface area contributed by atoms with E-state index in [0.717, 1.165) is 107 Å². The summed E-state index contributed by atoms with van der Waals surface area (Å²) in [7, 11) is 15.6. The van der Waals surface area contributed by atoms with Gasteiger partial charge in [-0.05, 0) is 205 Å². The molecule has 0 saturated heterocycles. The predicted molar refractivity (Wildman–Crippen MR) is 430 cm³/mol. The van der Waals surface area contributed by atoms with E-state index in [-0.39, 0.29) is 22.8 Å². The Morgan fingerprint density at radius 1 is 0.264 bits per heavy atom. The van der Waals surface area contributed by atoms with Gasteiger partial charge in [-0.25, -0.2) is 19.9 Å². The molecular weight excluding hydrogens is 1310 g/mol. The van der Waals surface area contributed by atoms with Gasteiger partial charge in [0.05, 0.1) is 22.8 Å². The van der Waals surface area contributed by atoms with Crippen molar-refractivity contribution >= 4 is 23.1 Å². The Bertz CT molecular complexity index is 6910. The normalized spacial score (nSPS) is 14.7. The molecule has 0 spiro atoms. The van der Waals surface area contributed by atoms with E-state index in [2.05, 4.69) is 150 Å². The van der Waals surface area contributed by atoms with Crippen molar-refractivity contribution in [2.24, 2.45) is 56.4 Å². The molecule has 0 fully saturated rings. The van der Waals surface area contributed by atoms with Crippen molar-refractivity contribution in [1.29, 1.82) is 0 Å². The Kier molecular flexibility index (Phi) is 14.2. The van der Waals surface area contributed by atoms with Gasteiger partial charge >= 0.3 is 0 Å². The molecule has 16 nitrogen and oxygen atoms in total. The second kappa shape index (κ2) is 28.2. The minimum atomic E-state index is -2.28. The standard InChI is InChI=1S/C24H29N4.3C22H25N4/c1-14-9-21(20-12-16(3)15(2)11-17(20)4)26(7)22(10-14)23-13-28-19(6)18(5)25-24(28)27(23)8;1-14-10-11-18(15(2)12-14)19-8-7-9-20(24(19)5)21-13-26-17(4)16(3)23-22(26)25(21)6;1-14-10-11-15(2)18(12-14)19-8-7-9-20(24(19)5)21-13-26-17(4)16(3)23-22(26)25(21)6;1-14-11-19(18-10-8-7-9-15(18)2)24(5)20(12-14)21-13-26-17(4)16(3)23-22(26)25(21)6/h9-13H,1-8H3;3*7-13H,1-6H3/q4*+1/i3D3,5D3;3D3;1D3,3D3;3D3. The van der Waals surface area contributed by atoms with Crippen LogP contribution in [0.2, 0.25) is 0 Å². The third-order valence-corrected chi connectivity index (χ3v) is 21.0. The van der Waals surface area contributed by atoms with E-state index in [1.54, 1.807) is 50.3 Å². The first kappa shape index (κ1) is 53.3. The highest BCUT2D eigenvalue weighted by Gasteiger charge is 2.29. The van der Waals surface area contributed by atoms with Gasteiger partial charge < -0.3 is 18.3 Å². The van der Waals surface area contributed by atoms with Crippen LogP contribution in [0.3, 0.4) is 0 Å². The first-order chi connectivity index (χ1) is 57.6. The first-order valence-corrected chi connectivity index (χ1v) is 35.2. The molecule has 16 heteroatoms. The Balaban J connectivity index is 0.000000142. The second-order valence-corrected chi connectivity index (χ2v) is 28.2. The molecule has 0 aliphatic carbocycles. The molecule has 12 aromatic heterocycles. The van der Waals surface area contributed by atoms with Crippen LogP contribution in [0.25, 0.3) is 114 Å². The molecule has 0 aliphatic heterocycles. The molecule has 0 amide bonds. The number of imidazole rings is 8. The highest BCUT2D eigenvalue weighted by molar-refractivity contribution is 5.70. The summed E-state index contributed by atoms with van der Waals surface area (Å²) in [6, 6.07) is 44.3. The number of aromatic nitrogens is 16. The van der Waals surface area contributed by atoms with E-state index in [1.807, 2.05) is 172 Å². The molecule has 4 aromatic carbocycles. The summed E-state index contributed by atoms with van der Waals surface area (Å²) in [5.41, 5.74) is 28.0. The number of nitrogens with zero attached hydrogens (tertiary/aromatic N) is 16. The molecule has 0 bridgehead atoms. The van der Waals surface area contributed by atoms with Crippen LogP contribution in [0.1, 0.15) is 126 Å². The summed E-state index contributed by atoms with van der Waals surface area (Å²) in [4.78, 5) is 17.6. The number of hydrogen-bond donors (Lipinski definition) is 0. The van der Waals surface area contributed by atoms with Crippen molar-refractivity contribution in [3.8, 4) is 90.6 Å². The number of benzene rings is 4. The first-order valence-electron chi connectivity index (χ1n) is 44.2. The SMILES string of the molecule is [2H]C([2H])([2H])c1cc(-c2cc(C)cc(-c3cn4c(C)c(C([2H])([2H])[2H])nc4n3C)[n+]2C)c(C)cc1C.[2H]C([2H])([2H])c1ccc(C)c(-c2cccc(-c3cn4c(C)c(C([2H])([2H])[2H])nc4n3C)[n+]2C)c1.[2H]C([2H])([2H])c1nc2n(C)c(-c3cc(C)cc(-c4ccccc4C)[n+]3C)cn2c1C.[2H]C([2H])([2H])c1nc2n(C)c(-c3cccc(-c4ccc(C)cc4C)[n+]3C)cn2c1C. The zero-order chi connectivity index (χ0) is 91.1. The molecule has 16 rings (SSSR count). The van der Waals surface area contributed by atoms with E-state index >= 15 is 0 Å². The minimum Gasteiger partial charge on any atom is -0.308 e. The molecule has 0 saturated carbocycles. The lowest BCUT2D eigenvalue weighted by molar-refractivity contribution is -0.649. The molecule has 0 unspecified atom stereocenters. The Morgan fingerprint density at radius 3 is 1.04 bits per heavy atom. The Hall–Kier alpha value is -11.5. The van der Waals surface area contributed by atoms with Crippen LogP contribution in [0.15, 0.2) is 158 Å². The maximum Gasteiger partial charge on any atom is 0.231 e. The Labute approximate surface area is 650 Å². The smallest absolute Gasteiger partial charge is 0.231 e. The van der Waals surface area contributed by atoms with Crippen molar-refractivity contribution in [2.45, 2.75) is 124 Å². The van der Waals surface area contributed by atoms with Crippen molar-refractivity contribution in [1.82, 2.24) is 55.8 Å². The zero-order valence-corrected chi connectivity index (χ0v) is 64.2. The van der Waals surface area contributed by atoms with Gasteiger partial charge in [0.15, 0.2) is 0 Å². The van der Waals surface area contributed by atoms with Gasteiger partial charge in [0.25, 0.3) is 0 Å². The molecule has 0 atom stereocenters. The van der Waals surface area contributed by atoms with E-state index in [4.69, 9.17) is 24.7 Å². The van der Waals surface area contributed by atoms with Crippen LogP contribution in [-0.2, 0) is 56.4 Å². The lowest BCUT2D eigenvalue weighted by Crippen LogP contribution is -2.35. The fourth-order valence-electron chi connectivity index (χ4n) is 14.6. The summed E-state index contributed by atoms with van der Waals surface area (Å²) in [5.74, 6) is 2.36. The number of aryl methyl sites for hydroxylation is 22. The van der Waals surface area contributed by atoms with Crippen molar-refractivity contribution < 1.29 is 42.9 Å². The number of fused-ring (bicyclic) bond motifs is 4. The maximum atomic E-state index is 7.94. The fraction of sp³-hybridized carbons (Fsp3) is 0.289. The van der Waals surface area contributed by atoms with Crippen LogP contribution < -0.4 is 18.3 Å². The fourth-order valence-corrected chi connectivity index (χ4v) is 14.6. The quantitative estimate of drug-likeness (QED) is 0.141. The summed E-state index contributed by atoms with van der Waals surface area (Å²) in [6.07, 6.45) is 7.73. The van der Waals surface area contributed by atoms with Gasteiger partial charge in [0.2, 0.25) is 68.7 Å². The third-order valence-electron chi connectivity index (χ3n) is 21.0. The molecule has 0 aliphatic rings. The van der Waals surface area contributed by atoms with Gasteiger partial charge in [-0.3, -0.25) is 17.6 Å². The van der Waals surface area contributed by atoms with Crippen LogP contribution in [0.4, 0.5) is 0 Å². The van der Waals surface area contributed by atoms with Gasteiger partial charge in [-0.2, -0.15) is 18.3 Å². The summed E-state index contributed by atoms with van der Waals surface area (Å²) < 4.78 is 163. The molecule has 0 N–H and O–H groups in total. The summed E-state index contributed by atoms with van der Waals surface area (Å²) >= 11 is 0. The molecule has 106 heavy (non-hydrogen) atoms. The van der Waals surface area contributed by atoms with E-state index in [9.17, 15) is 0 Å². The maximum absolute atomic E-state index is 7.94. The van der Waals surface area contributed by atoms with Crippen LogP contribution >= 0.6 is 0 Å². The number of hydrogen-bond acceptors (Lipinski definition) is 4. The molecular formula is C90H104N16+4. The van der Waals surface area contributed by atoms with Crippen LogP contribution in [0, 0.1) is 124 Å². The van der Waals surface area contributed by atoms with E-state index < -0.39 is 41.1 Å². The van der Waals surface area contributed by atoms with Crippen LogP contribution in [-0.4, -0.2) is 55.8 Å². The lowest BCUT2D eigenvalue weighted by Gasteiger charge is -2.12. The predicted octanol–water partition coefficient (Wildman–Crippen LogP) is 16.9. The highest BCUT2D eigenvalue weighted by atomic mass is 15.2. The third kappa shape index (κ3) is 12.8.